The summed E-state index contributed by atoms with van der Waals surface area (Å²) in [5.41, 5.74) is 6.67. The summed E-state index contributed by atoms with van der Waals surface area (Å²) < 4.78 is 31.6. The molecule has 0 bridgehead atoms. The van der Waals surface area contributed by atoms with Gasteiger partial charge in [0.15, 0.2) is 0 Å². The molecule has 7 nitrogen and oxygen atoms in total. The first-order valence-corrected chi connectivity index (χ1v) is 16.1. The van der Waals surface area contributed by atoms with Crippen molar-refractivity contribution in [3.63, 3.8) is 0 Å². The molecule has 0 aromatic heterocycles. The monoisotopic (exact) mass is 536 g/mol. The van der Waals surface area contributed by atoms with E-state index >= 15 is 0 Å². The Labute approximate surface area is 223 Å². The molecule has 8 heteroatoms. The first-order chi connectivity index (χ1) is 17.2. The summed E-state index contributed by atoms with van der Waals surface area (Å²) in [4.78, 5) is 2.31. The normalized spacial score (nSPS) is 14.3. The SMILES string of the molecule is CCCCCCCCCCCCCCCCCCN.CCCN1C=C(C(C)O)CCC1.O=S(=O)(O)O. The Kier molecular flexibility index (Phi) is 28.5. The molecule has 0 aromatic rings. The molecule has 0 fully saturated rings. The maximum atomic E-state index is 9.37. The molecule has 1 unspecified atom stereocenters. The summed E-state index contributed by atoms with van der Waals surface area (Å²) in [6, 6.07) is 0. The van der Waals surface area contributed by atoms with Gasteiger partial charge in [0.1, 0.15) is 0 Å². The second-order valence-electron chi connectivity index (χ2n) is 10.1. The second-order valence-corrected chi connectivity index (χ2v) is 11.0. The van der Waals surface area contributed by atoms with Crippen molar-refractivity contribution in [3.8, 4) is 0 Å². The fourth-order valence-electron chi connectivity index (χ4n) is 4.32. The molecule has 1 rings (SSSR count). The maximum absolute atomic E-state index is 9.37. The van der Waals surface area contributed by atoms with Gasteiger partial charge in [-0.3, -0.25) is 9.11 Å². The minimum absolute atomic E-state index is 0.260. The minimum Gasteiger partial charge on any atom is -0.389 e. The molecule has 0 aromatic carbocycles. The van der Waals surface area contributed by atoms with E-state index in [1.54, 1.807) is 0 Å². The number of unbranched alkanes of at least 4 members (excludes halogenated alkanes) is 15. The molecule has 1 atom stereocenters. The molecular weight excluding hydrogens is 476 g/mol. The first kappa shape index (κ1) is 37.5. The van der Waals surface area contributed by atoms with Crippen LogP contribution in [0.3, 0.4) is 0 Å². The number of rotatable bonds is 19. The van der Waals surface area contributed by atoms with Crippen LogP contribution in [0.4, 0.5) is 0 Å². The largest absolute Gasteiger partial charge is 0.394 e. The molecule has 36 heavy (non-hydrogen) atoms. The van der Waals surface area contributed by atoms with E-state index in [4.69, 9.17) is 23.3 Å². The van der Waals surface area contributed by atoms with Crippen molar-refractivity contribution >= 4 is 10.4 Å². The first-order valence-electron chi connectivity index (χ1n) is 14.7. The summed E-state index contributed by atoms with van der Waals surface area (Å²) in [7, 11) is -4.67. The minimum atomic E-state index is -4.67. The Morgan fingerprint density at radius 2 is 1.19 bits per heavy atom. The van der Waals surface area contributed by atoms with Crippen LogP contribution in [0.25, 0.3) is 0 Å². The van der Waals surface area contributed by atoms with Crippen LogP contribution in [-0.2, 0) is 10.4 Å². The van der Waals surface area contributed by atoms with Gasteiger partial charge in [0.25, 0.3) is 0 Å². The zero-order chi connectivity index (χ0) is 27.5. The van der Waals surface area contributed by atoms with Crippen LogP contribution in [0, 0.1) is 0 Å². The Morgan fingerprint density at radius 3 is 1.53 bits per heavy atom. The molecule has 0 spiro atoms. The van der Waals surface area contributed by atoms with Crippen LogP contribution in [0.1, 0.15) is 143 Å². The van der Waals surface area contributed by atoms with Gasteiger partial charge in [0.2, 0.25) is 0 Å². The Hall–Kier alpha value is -0.670. The fourth-order valence-corrected chi connectivity index (χ4v) is 4.32. The van der Waals surface area contributed by atoms with Crippen LogP contribution >= 0.6 is 0 Å². The highest BCUT2D eigenvalue weighted by Gasteiger charge is 2.12. The van der Waals surface area contributed by atoms with Crippen molar-refractivity contribution in [3.05, 3.63) is 11.8 Å². The molecule has 0 saturated carbocycles. The van der Waals surface area contributed by atoms with Crippen molar-refractivity contribution < 1.29 is 22.6 Å². The van der Waals surface area contributed by atoms with Gasteiger partial charge in [-0.15, -0.1) is 0 Å². The number of aliphatic hydroxyl groups is 1. The van der Waals surface area contributed by atoms with Gasteiger partial charge in [0, 0.05) is 19.3 Å². The zero-order valence-electron chi connectivity index (χ0n) is 23.8. The van der Waals surface area contributed by atoms with Gasteiger partial charge in [-0.2, -0.15) is 8.42 Å². The third kappa shape index (κ3) is 33.3. The second kappa shape index (κ2) is 27.4. The summed E-state index contributed by atoms with van der Waals surface area (Å²) in [6.07, 6.45) is 28.2. The topological polar surface area (TPSA) is 124 Å². The van der Waals surface area contributed by atoms with E-state index in [-0.39, 0.29) is 6.10 Å². The highest BCUT2D eigenvalue weighted by molar-refractivity contribution is 7.79. The van der Waals surface area contributed by atoms with Gasteiger partial charge in [-0.25, -0.2) is 0 Å². The Balaban J connectivity index is 0. The van der Waals surface area contributed by atoms with E-state index in [1.807, 2.05) is 6.92 Å². The highest BCUT2D eigenvalue weighted by atomic mass is 32.3. The number of hydrogen-bond donors (Lipinski definition) is 4. The number of aliphatic hydroxyl groups excluding tert-OH is 1. The summed E-state index contributed by atoms with van der Waals surface area (Å²) >= 11 is 0. The standard InChI is InChI=1S/C18H39N.C10H19NO.H2O4S/c1-2-3-4-5-6-7-8-9-10-11-12-13-14-15-16-17-18-19;1-3-6-11-7-4-5-10(8-11)9(2)12;1-5(2,3)4/h2-19H2,1H3;8-9,12H,3-7H2,1-2H3;(H2,1,2,3,4). The van der Waals surface area contributed by atoms with Crippen LogP contribution in [0.15, 0.2) is 11.8 Å². The maximum Gasteiger partial charge on any atom is 0.394 e. The van der Waals surface area contributed by atoms with E-state index in [0.717, 1.165) is 26.1 Å². The summed E-state index contributed by atoms with van der Waals surface area (Å²) in [6.45, 7) is 9.47. The van der Waals surface area contributed by atoms with E-state index < -0.39 is 10.4 Å². The predicted octanol–water partition coefficient (Wildman–Crippen LogP) is 7.31. The lowest BCUT2D eigenvalue weighted by atomic mass is 10.0. The molecule has 1 heterocycles. The van der Waals surface area contributed by atoms with Crippen LogP contribution in [0.5, 0.6) is 0 Å². The van der Waals surface area contributed by atoms with Gasteiger partial charge in [-0.05, 0) is 44.7 Å². The van der Waals surface area contributed by atoms with Crippen molar-refractivity contribution in [2.75, 3.05) is 19.6 Å². The van der Waals surface area contributed by atoms with Crippen LogP contribution < -0.4 is 5.73 Å². The average molecular weight is 537 g/mol. The van der Waals surface area contributed by atoms with E-state index in [1.165, 1.54) is 121 Å². The van der Waals surface area contributed by atoms with E-state index in [9.17, 15) is 5.11 Å². The number of nitrogens with two attached hydrogens (primary N) is 1. The molecular formula is C28H60N2O5S. The van der Waals surface area contributed by atoms with Gasteiger partial charge >= 0.3 is 10.4 Å². The third-order valence-electron chi connectivity index (χ3n) is 6.36. The number of nitrogens with zero attached hydrogens (tertiary/aromatic N) is 1. The lowest BCUT2D eigenvalue weighted by molar-refractivity contribution is 0.213. The zero-order valence-corrected chi connectivity index (χ0v) is 24.6. The molecule has 0 radical (unpaired) electrons. The predicted molar refractivity (Wildman–Crippen MR) is 154 cm³/mol. The van der Waals surface area contributed by atoms with Gasteiger partial charge in [0.05, 0.1) is 6.10 Å². The summed E-state index contributed by atoms with van der Waals surface area (Å²) in [5.74, 6) is 0. The van der Waals surface area contributed by atoms with E-state index in [0.29, 0.717) is 0 Å². The van der Waals surface area contributed by atoms with Crippen LogP contribution in [-0.4, -0.2) is 53.3 Å². The molecule has 1 aliphatic rings. The highest BCUT2D eigenvalue weighted by Crippen LogP contribution is 2.17. The molecule has 0 saturated heterocycles. The molecule has 218 valence electrons. The smallest absolute Gasteiger partial charge is 0.389 e. The molecule has 5 N–H and O–H groups in total. The van der Waals surface area contributed by atoms with Crippen molar-refractivity contribution in [1.82, 2.24) is 4.90 Å². The lowest BCUT2D eigenvalue weighted by Crippen LogP contribution is -2.26. The average Bonchev–Trinajstić information content (AvgIpc) is 2.81. The molecule has 1 aliphatic heterocycles. The number of hydrogen-bond acceptors (Lipinski definition) is 5. The van der Waals surface area contributed by atoms with Crippen LogP contribution in [0.2, 0.25) is 0 Å². The Morgan fingerprint density at radius 1 is 0.806 bits per heavy atom. The third-order valence-corrected chi connectivity index (χ3v) is 6.36. The van der Waals surface area contributed by atoms with E-state index in [2.05, 4.69) is 24.9 Å². The van der Waals surface area contributed by atoms with Crippen molar-refractivity contribution in [1.29, 1.82) is 0 Å². The Bertz CT molecular complexity index is 558. The lowest BCUT2D eigenvalue weighted by Gasteiger charge is -2.27. The molecule has 0 aliphatic carbocycles. The summed E-state index contributed by atoms with van der Waals surface area (Å²) in [5, 5.41) is 9.37. The van der Waals surface area contributed by atoms with Gasteiger partial charge < -0.3 is 15.7 Å². The van der Waals surface area contributed by atoms with Gasteiger partial charge in [-0.1, -0.05) is 110 Å². The quantitative estimate of drug-likeness (QED) is 0.101. The van der Waals surface area contributed by atoms with Crippen molar-refractivity contribution in [2.24, 2.45) is 5.73 Å². The fraction of sp³-hybridized carbons (Fsp3) is 0.929. The molecule has 0 amide bonds. The van der Waals surface area contributed by atoms with Crippen molar-refractivity contribution in [2.45, 2.75) is 149 Å².